The molecule has 102 valence electrons. The topological polar surface area (TPSA) is 95.7 Å². The highest BCUT2D eigenvalue weighted by atomic mass is 35.5. The van der Waals surface area contributed by atoms with Crippen LogP contribution in [0.3, 0.4) is 0 Å². The minimum atomic E-state index is -3.87. The first-order chi connectivity index (χ1) is 9.44. The number of benzene rings is 1. The largest absolute Gasteiger partial charge is 0.263 e. The van der Waals surface area contributed by atoms with E-state index in [1.165, 1.54) is 24.3 Å². The maximum atomic E-state index is 12.1. The quantitative estimate of drug-likeness (QED) is 0.873. The molecule has 0 spiro atoms. The van der Waals surface area contributed by atoms with Crippen LogP contribution in [0.5, 0.6) is 0 Å². The van der Waals surface area contributed by atoms with Crippen molar-refractivity contribution >= 4 is 39.0 Å². The number of rotatable bonds is 3. The van der Waals surface area contributed by atoms with Crippen molar-refractivity contribution in [1.29, 1.82) is 5.26 Å². The fourth-order valence-corrected chi connectivity index (χ4v) is 2.67. The van der Waals surface area contributed by atoms with Gasteiger partial charge in [-0.3, -0.25) is 4.72 Å². The van der Waals surface area contributed by atoms with E-state index in [1.807, 2.05) is 6.07 Å². The van der Waals surface area contributed by atoms with E-state index in [0.29, 0.717) is 5.56 Å². The van der Waals surface area contributed by atoms with Crippen molar-refractivity contribution in [2.24, 2.45) is 0 Å². The molecule has 0 aliphatic rings. The summed E-state index contributed by atoms with van der Waals surface area (Å²) in [7, 11) is -3.87. The van der Waals surface area contributed by atoms with E-state index in [-0.39, 0.29) is 20.9 Å². The second-order valence-corrected chi connectivity index (χ2v) is 5.99. The van der Waals surface area contributed by atoms with Crippen LogP contribution in [0.1, 0.15) is 5.56 Å². The molecule has 0 unspecified atom stereocenters. The second kappa shape index (κ2) is 5.63. The van der Waals surface area contributed by atoms with Crippen molar-refractivity contribution in [2.75, 3.05) is 4.72 Å². The predicted octanol–water partition coefficient (Wildman–Crippen LogP) is 2.46. The number of aromatic nitrogens is 2. The zero-order chi connectivity index (χ0) is 14.8. The number of hydrogen-bond donors (Lipinski definition) is 1. The van der Waals surface area contributed by atoms with Gasteiger partial charge in [0.2, 0.25) is 0 Å². The SMILES string of the molecule is N#Cc1ccc(S(=O)(=O)Nc2ncnc(Cl)c2Cl)cc1. The van der Waals surface area contributed by atoms with Crippen LogP contribution in [-0.2, 0) is 10.0 Å². The molecule has 9 heteroatoms. The summed E-state index contributed by atoms with van der Waals surface area (Å²) in [6.07, 6.45) is 1.09. The highest BCUT2D eigenvalue weighted by molar-refractivity contribution is 7.92. The van der Waals surface area contributed by atoms with Gasteiger partial charge < -0.3 is 0 Å². The van der Waals surface area contributed by atoms with Crippen LogP contribution >= 0.6 is 23.2 Å². The third kappa shape index (κ3) is 2.99. The molecule has 0 aliphatic heterocycles. The first-order valence-electron chi connectivity index (χ1n) is 5.13. The van der Waals surface area contributed by atoms with E-state index in [2.05, 4.69) is 14.7 Å². The van der Waals surface area contributed by atoms with Crippen LogP contribution in [0, 0.1) is 11.3 Å². The number of sulfonamides is 1. The first-order valence-corrected chi connectivity index (χ1v) is 7.37. The summed E-state index contributed by atoms with van der Waals surface area (Å²) in [6, 6.07) is 7.29. The Morgan fingerprint density at radius 3 is 2.40 bits per heavy atom. The van der Waals surface area contributed by atoms with Crippen molar-refractivity contribution in [1.82, 2.24) is 9.97 Å². The van der Waals surface area contributed by atoms with Gasteiger partial charge in [0.1, 0.15) is 11.3 Å². The monoisotopic (exact) mass is 328 g/mol. The molecule has 0 bridgehead atoms. The molecule has 1 aromatic carbocycles. The Kier molecular flexibility index (Phi) is 4.09. The summed E-state index contributed by atoms with van der Waals surface area (Å²) < 4.78 is 26.4. The van der Waals surface area contributed by atoms with Gasteiger partial charge in [0.05, 0.1) is 16.5 Å². The number of hydrogen-bond acceptors (Lipinski definition) is 5. The third-order valence-corrected chi connectivity index (χ3v) is 4.37. The van der Waals surface area contributed by atoms with Gasteiger partial charge in [-0.2, -0.15) is 5.26 Å². The van der Waals surface area contributed by atoms with Gasteiger partial charge in [0.15, 0.2) is 11.0 Å². The fourth-order valence-electron chi connectivity index (χ4n) is 1.31. The summed E-state index contributed by atoms with van der Waals surface area (Å²) in [5, 5.41) is 8.52. The molecule has 0 amide bonds. The fraction of sp³-hybridized carbons (Fsp3) is 0. The molecular formula is C11H6Cl2N4O2S. The van der Waals surface area contributed by atoms with Crippen LogP contribution in [0.15, 0.2) is 35.5 Å². The lowest BCUT2D eigenvalue weighted by Gasteiger charge is -2.08. The van der Waals surface area contributed by atoms with Crippen molar-refractivity contribution < 1.29 is 8.42 Å². The van der Waals surface area contributed by atoms with Crippen LogP contribution in [0.4, 0.5) is 5.82 Å². The molecule has 20 heavy (non-hydrogen) atoms. The number of anilines is 1. The lowest BCUT2D eigenvalue weighted by atomic mass is 10.2. The highest BCUT2D eigenvalue weighted by Crippen LogP contribution is 2.27. The van der Waals surface area contributed by atoms with Crippen molar-refractivity contribution in [2.45, 2.75) is 4.90 Å². The predicted molar refractivity (Wildman–Crippen MR) is 74.0 cm³/mol. The van der Waals surface area contributed by atoms with Crippen LogP contribution in [-0.4, -0.2) is 18.4 Å². The molecule has 0 saturated carbocycles. The highest BCUT2D eigenvalue weighted by Gasteiger charge is 2.18. The summed E-state index contributed by atoms with van der Waals surface area (Å²) >= 11 is 11.5. The maximum Gasteiger partial charge on any atom is 0.263 e. The molecule has 1 N–H and O–H groups in total. The van der Waals surface area contributed by atoms with E-state index in [1.54, 1.807) is 0 Å². The van der Waals surface area contributed by atoms with E-state index in [4.69, 9.17) is 28.5 Å². The molecule has 2 rings (SSSR count). The van der Waals surface area contributed by atoms with Gasteiger partial charge in [-0.1, -0.05) is 23.2 Å². The van der Waals surface area contributed by atoms with Crippen molar-refractivity contribution in [3.63, 3.8) is 0 Å². The van der Waals surface area contributed by atoms with Crippen LogP contribution in [0.25, 0.3) is 0 Å². The Labute approximate surface area is 125 Å². The van der Waals surface area contributed by atoms with Crippen LogP contribution in [0.2, 0.25) is 10.2 Å². The van der Waals surface area contributed by atoms with Gasteiger partial charge in [0.25, 0.3) is 10.0 Å². The number of halogens is 2. The summed E-state index contributed by atoms with van der Waals surface area (Å²) in [5.74, 6) is -0.115. The Morgan fingerprint density at radius 1 is 1.15 bits per heavy atom. The Morgan fingerprint density at radius 2 is 1.80 bits per heavy atom. The molecule has 0 atom stereocenters. The number of nitrogens with zero attached hydrogens (tertiary/aromatic N) is 3. The summed E-state index contributed by atoms with van der Waals surface area (Å²) in [6.45, 7) is 0. The molecule has 0 radical (unpaired) electrons. The molecule has 0 saturated heterocycles. The third-order valence-electron chi connectivity index (χ3n) is 2.27. The molecule has 6 nitrogen and oxygen atoms in total. The normalized spacial score (nSPS) is 10.8. The maximum absolute atomic E-state index is 12.1. The minimum absolute atomic E-state index is 0.0256. The Bertz CT molecular complexity index is 785. The summed E-state index contributed by atoms with van der Waals surface area (Å²) in [5.41, 5.74) is 0.354. The average Bonchev–Trinajstić information content (AvgIpc) is 2.44. The molecule has 2 aromatic rings. The zero-order valence-corrected chi connectivity index (χ0v) is 12.0. The van der Waals surface area contributed by atoms with Crippen LogP contribution < -0.4 is 4.72 Å². The van der Waals surface area contributed by atoms with Gasteiger partial charge in [0, 0.05) is 0 Å². The Hall–Kier alpha value is -1.88. The summed E-state index contributed by atoms with van der Waals surface area (Å²) in [4.78, 5) is 7.30. The number of nitriles is 1. The number of nitrogens with one attached hydrogen (secondary N) is 1. The smallest absolute Gasteiger partial charge is 0.262 e. The van der Waals surface area contributed by atoms with E-state index in [9.17, 15) is 8.42 Å². The molecule has 1 heterocycles. The molecule has 0 aliphatic carbocycles. The van der Waals surface area contributed by atoms with Gasteiger partial charge in [-0.25, -0.2) is 18.4 Å². The standard InChI is InChI=1S/C11H6Cl2N4O2S/c12-9-10(13)15-6-16-11(9)17-20(18,19)8-3-1-7(5-14)2-4-8/h1-4,6H,(H,15,16,17). The van der Waals surface area contributed by atoms with Gasteiger partial charge >= 0.3 is 0 Å². The van der Waals surface area contributed by atoms with E-state index >= 15 is 0 Å². The minimum Gasteiger partial charge on any atom is -0.262 e. The molecule has 0 fully saturated rings. The lowest BCUT2D eigenvalue weighted by Crippen LogP contribution is -2.14. The van der Waals surface area contributed by atoms with Crippen molar-refractivity contribution in [3.8, 4) is 6.07 Å². The van der Waals surface area contributed by atoms with Gasteiger partial charge in [-0.15, -0.1) is 0 Å². The Balaban J connectivity index is 2.36. The second-order valence-electron chi connectivity index (χ2n) is 3.57. The molecular weight excluding hydrogens is 323 g/mol. The molecule has 1 aromatic heterocycles. The average molecular weight is 329 g/mol. The zero-order valence-electron chi connectivity index (χ0n) is 9.71. The van der Waals surface area contributed by atoms with E-state index in [0.717, 1.165) is 6.33 Å². The van der Waals surface area contributed by atoms with Gasteiger partial charge in [-0.05, 0) is 24.3 Å². The lowest BCUT2D eigenvalue weighted by molar-refractivity contribution is 0.601. The van der Waals surface area contributed by atoms with Crippen molar-refractivity contribution in [3.05, 3.63) is 46.3 Å². The first kappa shape index (κ1) is 14.5. The van der Waals surface area contributed by atoms with E-state index < -0.39 is 10.0 Å².